The Hall–Kier alpha value is -1.03. The van der Waals surface area contributed by atoms with Crippen LogP contribution in [-0.4, -0.2) is 19.1 Å². The van der Waals surface area contributed by atoms with Crippen molar-refractivity contribution in [3.05, 3.63) is 28.2 Å². The molecule has 19 heavy (non-hydrogen) atoms. The summed E-state index contributed by atoms with van der Waals surface area (Å²) in [4.78, 5) is 11.1. The Kier molecular flexibility index (Phi) is 7.56. The lowest BCUT2D eigenvalue weighted by molar-refractivity contribution is -0.143. The third-order valence-corrected chi connectivity index (χ3v) is 3.37. The molecule has 0 saturated carbocycles. The molecule has 0 saturated heterocycles. The van der Waals surface area contributed by atoms with Gasteiger partial charge in [-0.3, -0.25) is 4.79 Å². The number of ether oxygens (including phenoxy) is 1. The summed E-state index contributed by atoms with van der Waals surface area (Å²) < 4.78 is 5.97. The van der Waals surface area contributed by atoms with Gasteiger partial charge in [0, 0.05) is 23.1 Å². The van der Waals surface area contributed by atoms with E-state index in [1.54, 1.807) is 0 Å². The molecule has 0 spiro atoms. The number of anilines is 1. The highest BCUT2D eigenvalue weighted by atomic mass is 79.9. The predicted molar refractivity (Wildman–Crippen MR) is 82.5 cm³/mol. The largest absolute Gasteiger partial charge is 0.466 e. The van der Waals surface area contributed by atoms with E-state index in [9.17, 15) is 4.79 Å². The molecular weight excluding hydrogens is 306 g/mol. The molecule has 0 bridgehead atoms. The van der Waals surface area contributed by atoms with E-state index < -0.39 is 0 Å². The van der Waals surface area contributed by atoms with Crippen LogP contribution in [-0.2, 0) is 9.53 Å². The molecule has 106 valence electrons. The van der Waals surface area contributed by atoms with E-state index in [1.807, 2.05) is 13.0 Å². The van der Waals surface area contributed by atoms with E-state index in [0.29, 0.717) is 13.0 Å². The molecule has 0 aromatic heterocycles. The number of unbranched alkanes of at least 4 members (excludes halogenated alkanes) is 2. The van der Waals surface area contributed by atoms with E-state index in [4.69, 9.17) is 4.74 Å². The molecule has 0 aliphatic carbocycles. The number of hydrogen-bond acceptors (Lipinski definition) is 3. The molecular formula is C15H22BrNO2. The van der Waals surface area contributed by atoms with Crippen LogP contribution < -0.4 is 5.32 Å². The first kappa shape index (κ1) is 16.0. The van der Waals surface area contributed by atoms with Gasteiger partial charge in [-0.25, -0.2) is 0 Å². The van der Waals surface area contributed by atoms with E-state index in [0.717, 1.165) is 30.3 Å². The molecule has 0 heterocycles. The smallest absolute Gasteiger partial charge is 0.305 e. The Morgan fingerprint density at radius 2 is 2.11 bits per heavy atom. The molecule has 0 atom stereocenters. The molecule has 0 unspecified atom stereocenters. The number of benzene rings is 1. The van der Waals surface area contributed by atoms with Gasteiger partial charge in [0.15, 0.2) is 0 Å². The lowest BCUT2D eigenvalue weighted by Crippen LogP contribution is -2.05. The summed E-state index contributed by atoms with van der Waals surface area (Å²) >= 11 is 3.47. The van der Waals surface area contributed by atoms with Gasteiger partial charge >= 0.3 is 5.97 Å². The number of esters is 1. The maximum absolute atomic E-state index is 11.1. The normalized spacial score (nSPS) is 10.3. The van der Waals surface area contributed by atoms with Gasteiger partial charge in [-0.05, 0) is 44.4 Å². The van der Waals surface area contributed by atoms with Gasteiger partial charge < -0.3 is 10.1 Å². The first-order chi connectivity index (χ1) is 9.13. The molecule has 0 radical (unpaired) electrons. The van der Waals surface area contributed by atoms with Crippen LogP contribution in [0.3, 0.4) is 0 Å². The molecule has 4 heteroatoms. The minimum atomic E-state index is -0.0849. The van der Waals surface area contributed by atoms with E-state index in [-0.39, 0.29) is 5.97 Å². The first-order valence-electron chi connectivity index (χ1n) is 6.79. The van der Waals surface area contributed by atoms with Gasteiger partial charge in [-0.2, -0.15) is 0 Å². The van der Waals surface area contributed by atoms with Crippen molar-refractivity contribution in [2.75, 3.05) is 18.5 Å². The molecule has 3 nitrogen and oxygen atoms in total. The second-order valence-electron chi connectivity index (χ2n) is 4.50. The second-order valence-corrected chi connectivity index (χ2v) is 5.42. The van der Waals surface area contributed by atoms with Gasteiger partial charge in [0.05, 0.1) is 6.61 Å². The fraction of sp³-hybridized carbons (Fsp3) is 0.533. The molecule has 1 aromatic rings. The maximum Gasteiger partial charge on any atom is 0.305 e. The number of halogens is 1. The average Bonchev–Trinajstić information content (AvgIpc) is 2.38. The van der Waals surface area contributed by atoms with Crippen LogP contribution in [0.2, 0.25) is 0 Å². The second kappa shape index (κ2) is 8.97. The number of aryl methyl sites for hydroxylation is 1. The third kappa shape index (κ3) is 6.62. The minimum absolute atomic E-state index is 0.0849. The summed E-state index contributed by atoms with van der Waals surface area (Å²) in [5.74, 6) is -0.0849. The summed E-state index contributed by atoms with van der Waals surface area (Å²) in [6, 6.07) is 6.22. The van der Waals surface area contributed by atoms with Crippen molar-refractivity contribution in [1.29, 1.82) is 0 Å². The lowest BCUT2D eigenvalue weighted by Gasteiger charge is -2.09. The molecule has 0 fully saturated rings. The number of carbonyl (C=O) groups is 1. The van der Waals surface area contributed by atoms with Crippen LogP contribution >= 0.6 is 15.9 Å². The summed E-state index contributed by atoms with van der Waals surface area (Å²) in [5, 5.41) is 3.42. The van der Waals surface area contributed by atoms with Gasteiger partial charge in [0.1, 0.15) is 0 Å². The topological polar surface area (TPSA) is 38.3 Å². The Morgan fingerprint density at radius 3 is 2.84 bits per heavy atom. The number of carbonyl (C=O) groups excluding carboxylic acids is 1. The zero-order chi connectivity index (χ0) is 14.1. The Labute approximate surface area is 123 Å². The SMILES string of the molecule is CCOC(=O)CCCCCNc1cc(Br)ccc1C. The van der Waals surface area contributed by atoms with Crippen molar-refractivity contribution in [1.82, 2.24) is 0 Å². The van der Waals surface area contributed by atoms with Crippen LogP contribution in [0.5, 0.6) is 0 Å². The average molecular weight is 328 g/mol. The Balaban J connectivity index is 2.14. The summed E-state index contributed by atoms with van der Waals surface area (Å²) in [5.41, 5.74) is 2.41. The van der Waals surface area contributed by atoms with Crippen LogP contribution in [0.1, 0.15) is 38.2 Å². The van der Waals surface area contributed by atoms with Crippen molar-refractivity contribution in [3.63, 3.8) is 0 Å². The first-order valence-corrected chi connectivity index (χ1v) is 7.58. The molecule has 1 rings (SSSR count). The Morgan fingerprint density at radius 1 is 1.32 bits per heavy atom. The van der Waals surface area contributed by atoms with E-state index in [1.165, 1.54) is 11.3 Å². The monoisotopic (exact) mass is 327 g/mol. The lowest BCUT2D eigenvalue weighted by atomic mass is 10.1. The Bertz CT molecular complexity index is 407. The third-order valence-electron chi connectivity index (χ3n) is 2.88. The van der Waals surface area contributed by atoms with Gasteiger partial charge in [-0.15, -0.1) is 0 Å². The van der Waals surface area contributed by atoms with E-state index >= 15 is 0 Å². The van der Waals surface area contributed by atoms with Crippen molar-refractivity contribution in [2.24, 2.45) is 0 Å². The summed E-state index contributed by atoms with van der Waals surface area (Å²) in [6.45, 7) is 5.33. The van der Waals surface area contributed by atoms with Crippen molar-refractivity contribution in [3.8, 4) is 0 Å². The van der Waals surface area contributed by atoms with Crippen molar-refractivity contribution < 1.29 is 9.53 Å². The molecule has 0 amide bonds. The van der Waals surface area contributed by atoms with Gasteiger partial charge in [0.2, 0.25) is 0 Å². The number of nitrogens with one attached hydrogen (secondary N) is 1. The van der Waals surface area contributed by atoms with Crippen LogP contribution in [0, 0.1) is 6.92 Å². The quantitative estimate of drug-likeness (QED) is 0.571. The highest BCUT2D eigenvalue weighted by Crippen LogP contribution is 2.20. The summed E-state index contributed by atoms with van der Waals surface area (Å²) in [6.07, 6.45) is 3.53. The molecule has 1 aromatic carbocycles. The van der Waals surface area contributed by atoms with E-state index in [2.05, 4.69) is 40.3 Å². The molecule has 0 aliphatic heterocycles. The maximum atomic E-state index is 11.1. The highest BCUT2D eigenvalue weighted by molar-refractivity contribution is 9.10. The fourth-order valence-electron chi connectivity index (χ4n) is 1.81. The van der Waals surface area contributed by atoms with Crippen molar-refractivity contribution in [2.45, 2.75) is 39.5 Å². The van der Waals surface area contributed by atoms with Crippen molar-refractivity contribution >= 4 is 27.6 Å². The van der Waals surface area contributed by atoms with Crippen LogP contribution in [0.4, 0.5) is 5.69 Å². The standard InChI is InChI=1S/C15H22BrNO2/c1-3-19-15(18)7-5-4-6-10-17-14-11-13(16)9-8-12(14)2/h8-9,11,17H,3-7,10H2,1-2H3. The zero-order valence-corrected chi connectivity index (χ0v) is 13.3. The zero-order valence-electron chi connectivity index (χ0n) is 11.7. The highest BCUT2D eigenvalue weighted by Gasteiger charge is 2.01. The van der Waals surface area contributed by atoms with Crippen LogP contribution in [0.15, 0.2) is 22.7 Å². The molecule has 0 aliphatic rings. The molecule has 1 N–H and O–H groups in total. The number of hydrogen-bond donors (Lipinski definition) is 1. The minimum Gasteiger partial charge on any atom is -0.466 e. The fourth-order valence-corrected chi connectivity index (χ4v) is 2.17. The van der Waals surface area contributed by atoms with Gasteiger partial charge in [-0.1, -0.05) is 28.4 Å². The van der Waals surface area contributed by atoms with Crippen LogP contribution in [0.25, 0.3) is 0 Å². The van der Waals surface area contributed by atoms with Gasteiger partial charge in [0.25, 0.3) is 0 Å². The predicted octanol–water partition coefficient (Wildman–Crippen LogP) is 4.29. The summed E-state index contributed by atoms with van der Waals surface area (Å²) in [7, 11) is 0. The number of rotatable bonds is 8.